The van der Waals surface area contributed by atoms with Crippen LogP contribution >= 0.6 is 0 Å². The first-order chi connectivity index (χ1) is 11.6. The molecule has 0 unspecified atom stereocenters. The van der Waals surface area contributed by atoms with Gasteiger partial charge in [0, 0.05) is 31.1 Å². The van der Waals surface area contributed by atoms with Crippen molar-refractivity contribution in [1.29, 1.82) is 0 Å². The monoisotopic (exact) mass is 331 g/mol. The van der Waals surface area contributed by atoms with Crippen LogP contribution in [0.5, 0.6) is 11.5 Å². The summed E-state index contributed by atoms with van der Waals surface area (Å²) in [7, 11) is 4.85. The quantitative estimate of drug-likeness (QED) is 0.780. The molecule has 0 aliphatic carbocycles. The molecule has 0 fully saturated rings. The van der Waals surface area contributed by atoms with Gasteiger partial charge in [-0.15, -0.1) is 0 Å². The van der Waals surface area contributed by atoms with E-state index >= 15 is 0 Å². The van der Waals surface area contributed by atoms with Gasteiger partial charge in [-0.05, 0) is 24.6 Å². The fourth-order valence-electron chi connectivity index (χ4n) is 2.57. The van der Waals surface area contributed by atoms with Gasteiger partial charge >= 0.3 is 0 Å². The SMILES string of the molecule is COc1cccc(OC)c1CCC(=O)N(C)Cc1ccccc1F. The number of amides is 1. The predicted octanol–water partition coefficient (Wildman–Crippen LogP) is 3.43. The van der Waals surface area contributed by atoms with Crippen molar-refractivity contribution in [2.75, 3.05) is 21.3 Å². The van der Waals surface area contributed by atoms with Crippen LogP contribution in [0.25, 0.3) is 0 Å². The van der Waals surface area contributed by atoms with Gasteiger partial charge in [-0.2, -0.15) is 0 Å². The lowest BCUT2D eigenvalue weighted by Gasteiger charge is -2.18. The molecule has 24 heavy (non-hydrogen) atoms. The number of carbonyl (C=O) groups is 1. The van der Waals surface area contributed by atoms with Gasteiger partial charge < -0.3 is 14.4 Å². The number of halogens is 1. The lowest BCUT2D eigenvalue weighted by molar-refractivity contribution is -0.130. The molecule has 0 saturated carbocycles. The number of ether oxygens (including phenoxy) is 2. The molecule has 0 bridgehead atoms. The maximum Gasteiger partial charge on any atom is 0.222 e. The van der Waals surface area contributed by atoms with E-state index < -0.39 is 0 Å². The Labute approximate surface area is 141 Å². The summed E-state index contributed by atoms with van der Waals surface area (Å²) < 4.78 is 24.4. The molecule has 0 radical (unpaired) electrons. The van der Waals surface area contributed by atoms with Crippen molar-refractivity contribution < 1.29 is 18.7 Å². The van der Waals surface area contributed by atoms with Gasteiger partial charge in [0.05, 0.1) is 14.2 Å². The molecule has 0 saturated heterocycles. The standard InChI is InChI=1S/C19H22FNO3/c1-21(13-14-7-4-5-8-16(14)20)19(22)12-11-15-17(23-2)9-6-10-18(15)24-3/h4-10H,11-13H2,1-3H3. The second-order valence-electron chi connectivity index (χ2n) is 5.48. The van der Waals surface area contributed by atoms with Gasteiger partial charge in [0.2, 0.25) is 5.91 Å². The fraction of sp³-hybridized carbons (Fsp3) is 0.316. The number of hydrogen-bond donors (Lipinski definition) is 0. The van der Waals surface area contributed by atoms with Crippen LogP contribution in [0.3, 0.4) is 0 Å². The zero-order valence-electron chi connectivity index (χ0n) is 14.2. The largest absolute Gasteiger partial charge is 0.496 e. The Morgan fingerprint density at radius 2 is 1.67 bits per heavy atom. The van der Waals surface area contributed by atoms with Crippen LogP contribution in [-0.2, 0) is 17.8 Å². The van der Waals surface area contributed by atoms with Crippen molar-refractivity contribution in [2.45, 2.75) is 19.4 Å². The summed E-state index contributed by atoms with van der Waals surface area (Å²) in [6, 6.07) is 12.0. The van der Waals surface area contributed by atoms with Crippen LogP contribution < -0.4 is 9.47 Å². The van der Waals surface area contributed by atoms with Gasteiger partial charge in [0.25, 0.3) is 0 Å². The Hall–Kier alpha value is -2.56. The van der Waals surface area contributed by atoms with Crippen molar-refractivity contribution in [2.24, 2.45) is 0 Å². The molecule has 0 heterocycles. The molecule has 2 aromatic carbocycles. The van der Waals surface area contributed by atoms with E-state index in [2.05, 4.69) is 0 Å². The third-order valence-electron chi connectivity index (χ3n) is 3.91. The molecular formula is C19H22FNO3. The Morgan fingerprint density at radius 3 is 2.25 bits per heavy atom. The normalized spacial score (nSPS) is 10.3. The number of nitrogens with zero attached hydrogens (tertiary/aromatic N) is 1. The summed E-state index contributed by atoms with van der Waals surface area (Å²) >= 11 is 0. The molecule has 5 heteroatoms. The highest BCUT2D eigenvalue weighted by Gasteiger charge is 2.15. The highest BCUT2D eigenvalue weighted by molar-refractivity contribution is 5.76. The van der Waals surface area contributed by atoms with Crippen LogP contribution in [0.4, 0.5) is 4.39 Å². The molecule has 0 aliphatic heterocycles. The number of carbonyl (C=O) groups excluding carboxylic acids is 1. The fourth-order valence-corrected chi connectivity index (χ4v) is 2.57. The Morgan fingerprint density at radius 1 is 1.04 bits per heavy atom. The lowest BCUT2D eigenvalue weighted by atomic mass is 10.1. The van der Waals surface area contributed by atoms with Crippen molar-refractivity contribution in [3.05, 3.63) is 59.4 Å². The van der Waals surface area contributed by atoms with E-state index in [1.54, 1.807) is 39.5 Å². The molecule has 2 rings (SSSR count). The van der Waals surface area contributed by atoms with Crippen LogP contribution in [0.1, 0.15) is 17.5 Å². The average molecular weight is 331 g/mol. The molecule has 0 spiro atoms. The summed E-state index contributed by atoms with van der Waals surface area (Å²) in [5, 5.41) is 0. The molecule has 0 atom stereocenters. The Balaban J connectivity index is 2.02. The van der Waals surface area contributed by atoms with E-state index in [1.165, 1.54) is 11.0 Å². The molecule has 1 amide bonds. The minimum Gasteiger partial charge on any atom is -0.496 e. The molecule has 0 N–H and O–H groups in total. The van der Waals surface area contributed by atoms with Crippen molar-refractivity contribution in [1.82, 2.24) is 4.90 Å². The van der Waals surface area contributed by atoms with E-state index in [9.17, 15) is 9.18 Å². The number of methoxy groups -OCH3 is 2. The van der Waals surface area contributed by atoms with E-state index in [0.29, 0.717) is 29.9 Å². The highest BCUT2D eigenvalue weighted by Crippen LogP contribution is 2.29. The summed E-state index contributed by atoms with van der Waals surface area (Å²) in [6.07, 6.45) is 0.787. The zero-order valence-corrected chi connectivity index (χ0v) is 14.2. The van der Waals surface area contributed by atoms with Crippen LogP contribution in [0.2, 0.25) is 0 Å². The first kappa shape index (κ1) is 17.8. The maximum absolute atomic E-state index is 13.7. The minimum absolute atomic E-state index is 0.0637. The molecule has 0 aliphatic rings. The van der Waals surface area contributed by atoms with E-state index in [0.717, 1.165) is 5.56 Å². The summed E-state index contributed by atoms with van der Waals surface area (Å²) in [5.41, 5.74) is 1.36. The summed E-state index contributed by atoms with van der Waals surface area (Å²) in [4.78, 5) is 13.9. The van der Waals surface area contributed by atoms with Gasteiger partial charge in [0.15, 0.2) is 0 Å². The predicted molar refractivity (Wildman–Crippen MR) is 90.7 cm³/mol. The zero-order chi connectivity index (χ0) is 17.5. The van der Waals surface area contributed by atoms with E-state index in [1.807, 2.05) is 18.2 Å². The second kappa shape index (κ2) is 8.34. The number of benzene rings is 2. The molecular weight excluding hydrogens is 309 g/mol. The molecule has 2 aromatic rings. The smallest absolute Gasteiger partial charge is 0.222 e. The van der Waals surface area contributed by atoms with Crippen LogP contribution in [0, 0.1) is 5.82 Å². The Kier molecular flexibility index (Phi) is 6.18. The second-order valence-corrected chi connectivity index (χ2v) is 5.48. The van der Waals surface area contributed by atoms with E-state index in [-0.39, 0.29) is 18.3 Å². The molecule has 4 nitrogen and oxygen atoms in total. The van der Waals surface area contributed by atoms with E-state index in [4.69, 9.17) is 9.47 Å². The molecule has 0 aromatic heterocycles. The number of hydrogen-bond acceptors (Lipinski definition) is 3. The van der Waals surface area contributed by atoms with Gasteiger partial charge in [0.1, 0.15) is 17.3 Å². The minimum atomic E-state index is -0.302. The lowest BCUT2D eigenvalue weighted by Crippen LogP contribution is -2.26. The third-order valence-corrected chi connectivity index (χ3v) is 3.91. The van der Waals surface area contributed by atoms with Crippen molar-refractivity contribution >= 4 is 5.91 Å². The number of rotatable bonds is 7. The van der Waals surface area contributed by atoms with Crippen molar-refractivity contribution in [3.63, 3.8) is 0 Å². The maximum atomic E-state index is 13.7. The third kappa shape index (κ3) is 4.25. The Bertz CT molecular complexity index is 681. The van der Waals surface area contributed by atoms with Gasteiger partial charge in [-0.3, -0.25) is 4.79 Å². The summed E-state index contributed by atoms with van der Waals surface area (Å²) in [6.45, 7) is 0.245. The van der Waals surface area contributed by atoms with Crippen LogP contribution in [0.15, 0.2) is 42.5 Å². The first-order valence-corrected chi connectivity index (χ1v) is 7.74. The van der Waals surface area contributed by atoms with Gasteiger partial charge in [-0.1, -0.05) is 24.3 Å². The topological polar surface area (TPSA) is 38.8 Å². The van der Waals surface area contributed by atoms with Crippen molar-refractivity contribution in [3.8, 4) is 11.5 Å². The van der Waals surface area contributed by atoms with Gasteiger partial charge in [-0.25, -0.2) is 4.39 Å². The molecule has 128 valence electrons. The van der Waals surface area contributed by atoms with Crippen LogP contribution in [-0.4, -0.2) is 32.1 Å². The highest BCUT2D eigenvalue weighted by atomic mass is 19.1. The average Bonchev–Trinajstić information content (AvgIpc) is 2.61. The summed E-state index contributed by atoms with van der Waals surface area (Å²) in [5.74, 6) is 1.02. The first-order valence-electron chi connectivity index (χ1n) is 7.74.